The quantitative estimate of drug-likeness (QED) is 0.452. The molecule has 0 fully saturated rings. The normalized spacial score (nSPS) is 10.2. The Labute approximate surface area is 181 Å². The predicted molar refractivity (Wildman–Crippen MR) is 120 cm³/mol. The van der Waals surface area contributed by atoms with Crippen molar-refractivity contribution in [2.24, 2.45) is 0 Å². The predicted octanol–water partition coefficient (Wildman–Crippen LogP) is 5.46. The molecule has 0 aliphatic carbocycles. The summed E-state index contributed by atoms with van der Waals surface area (Å²) in [6, 6.07) is 19.1. The van der Waals surface area contributed by atoms with Gasteiger partial charge in [0.2, 0.25) is 0 Å². The van der Waals surface area contributed by atoms with Crippen molar-refractivity contribution >= 4 is 57.4 Å². The summed E-state index contributed by atoms with van der Waals surface area (Å²) >= 11 is 8.19. The van der Waals surface area contributed by atoms with Gasteiger partial charge in [0.05, 0.1) is 28.9 Å². The van der Waals surface area contributed by atoms with Crippen LogP contribution in [0.2, 0.25) is 5.02 Å². The van der Waals surface area contributed by atoms with Gasteiger partial charge in [0.25, 0.3) is 11.8 Å². The number of carbonyl (C=O) groups excluding carboxylic acids is 2. The highest BCUT2D eigenvalue weighted by atomic mass is 127. The summed E-state index contributed by atoms with van der Waals surface area (Å²) in [4.78, 5) is 24.9. The summed E-state index contributed by atoms with van der Waals surface area (Å²) < 4.78 is 6.22. The number of ether oxygens (including phenoxy) is 1. The molecule has 28 heavy (non-hydrogen) atoms. The lowest BCUT2D eigenvalue weighted by Crippen LogP contribution is -2.15. The molecule has 0 aromatic heterocycles. The number of amides is 2. The highest BCUT2D eigenvalue weighted by Gasteiger charge is 2.14. The van der Waals surface area contributed by atoms with E-state index in [9.17, 15) is 9.59 Å². The third-order valence-corrected chi connectivity index (χ3v) is 5.21. The zero-order valence-electron chi connectivity index (χ0n) is 14.8. The second-order valence-corrected chi connectivity index (χ2v) is 7.35. The smallest absolute Gasteiger partial charge is 0.257 e. The van der Waals surface area contributed by atoms with Crippen molar-refractivity contribution in [3.05, 3.63) is 86.4 Å². The molecular formula is C21H16ClIN2O3. The minimum Gasteiger partial charge on any atom is -0.494 e. The van der Waals surface area contributed by atoms with Gasteiger partial charge in [0.15, 0.2) is 0 Å². The molecule has 0 atom stereocenters. The molecule has 0 bridgehead atoms. The van der Waals surface area contributed by atoms with Crippen LogP contribution in [-0.4, -0.2) is 18.9 Å². The molecule has 2 N–H and O–H groups in total. The molecule has 0 aliphatic heterocycles. The maximum atomic E-state index is 12.5. The summed E-state index contributed by atoms with van der Waals surface area (Å²) in [5.41, 5.74) is 1.97. The van der Waals surface area contributed by atoms with Gasteiger partial charge in [-0.3, -0.25) is 9.59 Å². The Kier molecular flexibility index (Phi) is 6.53. The molecule has 0 saturated heterocycles. The van der Waals surface area contributed by atoms with E-state index in [1.807, 2.05) is 18.2 Å². The molecule has 3 aromatic rings. The van der Waals surface area contributed by atoms with Crippen LogP contribution in [0.5, 0.6) is 5.75 Å². The van der Waals surface area contributed by atoms with Crippen LogP contribution in [0.25, 0.3) is 0 Å². The van der Waals surface area contributed by atoms with E-state index in [0.29, 0.717) is 33.3 Å². The Hall–Kier alpha value is -2.58. The number of halogens is 2. The van der Waals surface area contributed by atoms with E-state index in [-0.39, 0.29) is 11.8 Å². The summed E-state index contributed by atoms with van der Waals surface area (Å²) in [5.74, 6) is -0.152. The molecule has 0 heterocycles. The molecule has 0 unspecified atom stereocenters. The maximum absolute atomic E-state index is 12.5. The Bertz CT molecular complexity index is 1040. The molecule has 3 aromatic carbocycles. The van der Waals surface area contributed by atoms with Crippen LogP contribution in [0.4, 0.5) is 11.4 Å². The lowest BCUT2D eigenvalue weighted by molar-refractivity contribution is 0.101. The van der Waals surface area contributed by atoms with Crippen molar-refractivity contribution in [1.29, 1.82) is 0 Å². The highest BCUT2D eigenvalue weighted by molar-refractivity contribution is 14.1. The SMILES string of the molecule is COc1cc(NC(=O)c2ccccc2I)ccc1NC(=O)c1ccccc1Cl. The number of carbonyl (C=O) groups is 2. The minimum absolute atomic E-state index is 0.222. The topological polar surface area (TPSA) is 67.4 Å². The first-order chi connectivity index (χ1) is 13.5. The van der Waals surface area contributed by atoms with Gasteiger partial charge >= 0.3 is 0 Å². The molecular weight excluding hydrogens is 491 g/mol. The molecule has 0 spiro atoms. The molecule has 0 aliphatic rings. The first-order valence-corrected chi connectivity index (χ1v) is 9.75. The van der Waals surface area contributed by atoms with E-state index in [4.69, 9.17) is 16.3 Å². The highest BCUT2D eigenvalue weighted by Crippen LogP contribution is 2.29. The van der Waals surface area contributed by atoms with Crippen molar-refractivity contribution in [1.82, 2.24) is 0 Å². The summed E-state index contributed by atoms with van der Waals surface area (Å²) in [7, 11) is 1.49. The number of benzene rings is 3. The van der Waals surface area contributed by atoms with Crippen LogP contribution in [0, 0.1) is 3.57 Å². The van der Waals surface area contributed by atoms with Gasteiger partial charge in [0, 0.05) is 15.3 Å². The molecule has 142 valence electrons. The number of rotatable bonds is 5. The number of nitrogens with one attached hydrogen (secondary N) is 2. The van der Waals surface area contributed by atoms with Crippen molar-refractivity contribution in [2.45, 2.75) is 0 Å². The average Bonchev–Trinajstić information content (AvgIpc) is 2.69. The van der Waals surface area contributed by atoms with E-state index in [2.05, 4.69) is 33.2 Å². The van der Waals surface area contributed by atoms with Crippen LogP contribution in [-0.2, 0) is 0 Å². The number of methoxy groups -OCH3 is 1. The molecule has 3 rings (SSSR count). The largest absolute Gasteiger partial charge is 0.494 e. The second kappa shape index (κ2) is 9.07. The first kappa shape index (κ1) is 20.2. The van der Waals surface area contributed by atoms with Gasteiger partial charge in [-0.25, -0.2) is 0 Å². The maximum Gasteiger partial charge on any atom is 0.257 e. The van der Waals surface area contributed by atoms with E-state index >= 15 is 0 Å². The van der Waals surface area contributed by atoms with E-state index < -0.39 is 0 Å². The third-order valence-electron chi connectivity index (χ3n) is 3.94. The van der Waals surface area contributed by atoms with Gasteiger partial charge in [-0.15, -0.1) is 0 Å². The fourth-order valence-corrected chi connectivity index (χ4v) is 3.40. The van der Waals surface area contributed by atoms with Gasteiger partial charge in [-0.05, 0) is 59.0 Å². The van der Waals surface area contributed by atoms with Crippen LogP contribution < -0.4 is 15.4 Å². The fourth-order valence-electron chi connectivity index (χ4n) is 2.55. The zero-order valence-corrected chi connectivity index (χ0v) is 17.7. The lowest BCUT2D eigenvalue weighted by atomic mass is 10.2. The lowest BCUT2D eigenvalue weighted by Gasteiger charge is -2.13. The number of anilines is 2. The van der Waals surface area contributed by atoms with Gasteiger partial charge in [-0.1, -0.05) is 35.9 Å². The average molecular weight is 507 g/mol. The Balaban J connectivity index is 1.79. The summed E-state index contributed by atoms with van der Waals surface area (Å²) in [5, 5.41) is 5.98. The van der Waals surface area contributed by atoms with Crippen LogP contribution >= 0.6 is 34.2 Å². The standard InChI is InChI=1S/C21H16ClIN2O3/c1-28-19-12-13(24-21(27)15-7-3-5-9-17(15)23)10-11-18(19)25-20(26)14-6-2-4-8-16(14)22/h2-12H,1H3,(H,24,27)(H,25,26). The minimum atomic E-state index is -0.348. The van der Waals surface area contributed by atoms with Gasteiger partial charge in [-0.2, -0.15) is 0 Å². The van der Waals surface area contributed by atoms with E-state index in [0.717, 1.165) is 3.57 Å². The summed E-state index contributed by atoms with van der Waals surface area (Å²) in [6.45, 7) is 0. The van der Waals surface area contributed by atoms with Crippen molar-refractivity contribution in [3.63, 3.8) is 0 Å². The molecule has 5 nitrogen and oxygen atoms in total. The molecule has 0 radical (unpaired) electrons. The number of hydrogen-bond donors (Lipinski definition) is 2. The van der Waals surface area contributed by atoms with E-state index in [1.54, 1.807) is 48.5 Å². The van der Waals surface area contributed by atoms with Crippen LogP contribution in [0.3, 0.4) is 0 Å². The monoisotopic (exact) mass is 506 g/mol. The van der Waals surface area contributed by atoms with Crippen molar-refractivity contribution < 1.29 is 14.3 Å². The second-order valence-electron chi connectivity index (χ2n) is 5.78. The van der Waals surface area contributed by atoms with Crippen molar-refractivity contribution in [2.75, 3.05) is 17.7 Å². The van der Waals surface area contributed by atoms with Crippen LogP contribution in [0.1, 0.15) is 20.7 Å². The Morgan fingerprint density at radius 2 is 1.54 bits per heavy atom. The fraction of sp³-hybridized carbons (Fsp3) is 0.0476. The Morgan fingerprint density at radius 3 is 2.21 bits per heavy atom. The van der Waals surface area contributed by atoms with Gasteiger partial charge in [0.1, 0.15) is 5.75 Å². The number of hydrogen-bond acceptors (Lipinski definition) is 3. The molecule has 0 saturated carbocycles. The Morgan fingerprint density at radius 1 is 0.893 bits per heavy atom. The van der Waals surface area contributed by atoms with Gasteiger partial charge < -0.3 is 15.4 Å². The first-order valence-electron chi connectivity index (χ1n) is 8.29. The van der Waals surface area contributed by atoms with E-state index in [1.165, 1.54) is 7.11 Å². The molecule has 2 amide bonds. The summed E-state index contributed by atoms with van der Waals surface area (Å²) in [6.07, 6.45) is 0. The third kappa shape index (κ3) is 4.63. The van der Waals surface area contributed by atoms with Crippen molar-refractivity contribution in [3.8, 4) is 5.75 Å². The molecule has 7 heteroatoms. The zero-order chi connectivity index (χ0) is 20.1. The van der Waals surface area contributed by atoms with Crippen LogP contribution in [0.15, 0.2) is 66.7 Å².